The van der Waals surface area contributed by atoms with Crippen molar-refractivity contribution in [2.75, 3.05) is 7.05 Å². The SMILES string of the molecule is CN(C(N)=O)C1Cc2ccccc2C1. The highest BCUT2D eigenvalue weighted by molar-refractivity contribution is 5.72. The van der Waals surface area contributed by atoms with Crippen LogP contribution in [0.2, 0.25) is 0 Å². The minimum Gasteiger partial charge on any atom is -0.351 e. The van der Waals surface area contributed by atoms with Crippen LogP contribution in [0.3, 0.4) is 0 Å². The van der Waals surface area contributed by atoms with Crippen molar-refractivity contribution in [1.29, 1.82) is 0 Å². The van der Waals surface area contributed by atoms with Gasteiger partial charge in [0.15, 0.2) is 0 Å². The zero-order valence-corrected chi connectivity index (χ0v) is 8.23. The van der Waals surface area contributed by atoms with Gasteiger partial charge in [-0.05, 0) is 24.0 Å². The summed E-state index contributed by atoms with van der Waals surface area (Å²) in [6.45, 7) is 0. The Morgan fingerprint density at radius 1 is 1.36 bits per heavy atom. The Kier molecular flexibility index (Phi) is 2.15. The molecule has 0 saturated carbocycles. The van der Waals surface area contributed by atoms with Crippen LogP contribution in [0.5, 0.6) is 0 Å². The third-order valence-corrected chi connectivity index (χ3v) is 2.92. The molecule has 0 unspecified atom stereocenters. The number of rotatable bonds is 1. The van der Waals surface area contributed by atoms with Gasteiger partial charge < -0.3 is 10.6 Å². The number of benzene rings is 1. The van der Waals surface area contributed by atoms with Crippen molar-refractivity contribution in [2.45, 2.75) is 18.9 Å². The molecular weight excluding hydrogens is 176 g/mol. The molecule has 14 heavy (non-hydrogen) atoms. The first-order valence-electron chi connectivity index (χ1n) is 4.77. The highest BCUT2D eigenvalue weighted by atomic mass is 16.2. The van der Waals surface area contributed by atoms with Gasteiger partial charge in [-0.3, -0.25) is 0 Å². The second-order valence-corrected chi connectivity index (χ2v) is 3.78. The van der Waals surface area contributed by atoms with E-state index in [0.29, 0.717) is 0 Å². The van der Waals surface area contributed by atoms with Gasteiger partial charge in [0, 0.05) is 13.1 Å². The van der Waals surface area contributed by atoms with Crippen LogP contribution in [0.1, 0.15) is 11.1 Å². The van der Waals surface area contributed by atoms with E-state index in [4.69, 9.17) is 5.73 Å². The van der Waals surface area contributed by atoms with Gasteiger partial charge in [0.25, 0.3) is 0 Å². The van der Waals surface area contributed by atoms with Gasteiger partial charge in [0.1, 0.15) is 0 Å². The normalized spacial score (nSPS) is 15.2. The predicted octanol–water partition coefficient (Wildman–Crippen LogP) is 1.16. The molecule has 1 aromatic carbocycles. The number of amides is 2. The zero-order chi connectivity index (χ0) is 10.1. The van der Waals surface area contributed by atoms with Crippen LogP contribution >= 0.6 is 0 Å². The molecule has 0 radical (unpaired) electrons. The number of nitrogens with zero attached hydrogens (tertiary/aromatic N) is 1. The molecule has 0 atom stereocenters. The third-order valence-electron chi connectivity index (χ3n) is 2.92. The molecule has 0 bridgehead atoms. The molecule has 0 heterocycles. The second-order valence-electron chi connectivity index (χ2n) is 3.78. The third kappa shape index (κ3) is 1.45. The van der Waals surface area contributed by atoms with Gasteiger partial charge in [-0.2, -0.15) is 0 Å². The first kappa shape index (κ1) is 9.06. The Labute approximate surface area is 83.5 Å². The number of hydrogen-bond acceptors (Lipinski definition) is 1. The van der Waals surface area contributed by atoms with Crippen LogP contribution < -0.4 is 5.73 Å². The molecule has 1 aliphatic rings. The van der Waals surface area contributed by atoms with Gasteiger partial charge in [-0.25, -0.2) is 4.79 Å². The van der Waals surface area contributed by atoms with Gasteiger partial charge in [-0.15, -0.1) is 0 Å². The number of fused-ring (bicyclic) bond motifs is 1. The molecule has 74 valence electrons. The number of urea groups is 1. The van der Waals surface area contributed by atoms with E-state index < -0.39 is 0 Å². The summed E-state index contributed by atoms with van der Waals surface area (Å²) in [6.07, 6.45) is 1.85. The zero-order valence-electron chi connectivity index (χ0n) is 8.23. The van der Waals surface area contributed by atoms with Crippen molar-refractivity contribution < 1.29 is 4.79 Å². The molecule has 3 heteroatoms. The summed E-state index contributed by atoms with van der Waals surface area (Å²) in [5.41, 5.74) is 7.91. The standard InChI is InChI=1S/C11H14N2O/c1-13(11(12)14)10-6-8-4-2-3-5-9(8)7-10/h2-5,10H,6-7H2,1H3,(H2,12,14). The van der Waals surface area contributed by atoms with Crippen LogP contribution in [0, 0.1) is 0 Å². The van der Waals surface area contributed by atoms with E-state index in [1.165, 1.54) is 11.1 Å². The molecule has 1 aliphatic carbocycles. The van der Waals surface area contributed by atoms with E-state index in [1.54, 1.807) is 11.9 Å². The van der Waals surface area contributed by atoms with E-state index >= 15 is 0 Å². The molecule has 2 N–H and O–H groups in total. The second kappa shape index (κ2) is 3.33. The fourth-order valence-electron chi connectivity index (χ4n) is 1.99. The van der Waals surface area contributed by atoms with Crippen LogP contribution in [-0.2, 0) is 12.8 Å². The lowest BCUT2D eigenvalue weighted by molar-refractivity contribution is 0.201. The van der Waals surface area contributed by atoms with Crippen molar-refractivity contribution in [3.05, 3.63) is 35.4 Å². The number of hydrogen-bond donors (Lipinski definition) is 1. The summed E-state index contributed by atoms with van der Waals surface area (Å²) in [5, 5.41) is 0. The summed E-state index contributed by atoms with van der Waals surface area (Å²) in [4.78, 5) is 12.6. The molecule has 0 saturated heterocycles. The Morgan fingerprint density at radius 2 is 1.86 bits per heavy atom. The quantitative estimate of drug-likeness (QED) is 0.709. The summed E-state index contributed by atoms with van der Waals surface area (Å²) < 4.78 is 0. The van der Waals surface area contributed by atoms with Crippen molar-refractivity contribution in [3.8, 4) is 0 Å². The lowest BCUT2D eigenvalue weighted by Crippen LogP contribution is -2.40. The van der Waals surface area contributed by atoms with E-state index in [0.717, 1.165) is 12.8 Å². The largest absolute Gasteiger partial charge is 0.351 e. The summed E-state index contributed by atoms with van der Waals surface area (Å²) in [5.74, 6) is 0. The van der Waals surface area contributed by atoms with Gasteiger partial charge in [0.2, 0.25) is 0 Å². The predicted molar refractivity (Wildman–Crippen MR) is 55.0 cm³/mol. The molecule has 2 amide bonds. The molecule has 0 spiro atoms. The maximum atomic E-state index is 11.0. The minimum absolute atomic E-state index is 0.241. The number of nitrogens with two attached hydrogens (primary N) is 1. The van der Waals surface area contributed by atoms with E-state index in [2.05, 4.69) is 12.1 Å². The van der Waals surface area contributed by atoms with Crippen LogP contribution in [-0.4, -0.2) is 24.0 Å². The molecule has 0 fully saturated rings. The van der Waals surface area contributed by atoms with Gasteiger partial charge in [0.05, 0.1) is 0 Å². The first-order valence-corrected chi connectivity index (χ1v) is 4.77. The van der Waals surface area contributed by atoms with Crippen molar-refractivity contribution >= 4 is 6.03 Å². The topological polar surface area (TPSA) is 46.3 Å². The molecular formula is C11H14N2O. The first-order chi connectivity index (χ1) is 6.68. The highest BCUT2D eigenvalue weighted by Gasteiger charge is 2.25. The Hall–Kier alpha value is -1.51. The summed E-state index contributed by atoms with van der Waals surface area (Å²) >= 11 is 0. The average Bonchev–Trinajstić information content (AvgIpc) is 2.59. The fourth-order valence-corrected chi connectivity index (χ4v) is 1.99. The smallest absolute Gasteiger partial charge is 0.314 e. The van der Waals surface area contributed by atoms with E-state index in [-0.39, 0.29) is 12.1 Å². The molecule has 0 aromatic heterocycles. The van der Waals surface area contributed by atoms with Crippen LogP contribution in [0.25, 0.3) is 0 Å². The van der Waals surface area contributed by atoms with Crippen molar-refractivity contribution in [1.82, 2.24) is 4.90 Å². The molecule has 2 rings (SSSR count). The maximum absolute atomic E-state index is 11.0. The number of carbonyl (C=O) groups is 1. The van der Waals surface area contributed by atoms with E-state index in [1.807, 2.05) is 12.1 Å². The number of likely N-dealkylation sites (N-methyl/N-ethyl adjacent to an activating group) is 1. The lowest BCUT2D eigenvalue weighted by atomic mass is 10.1. The van der Waals surface area contributed by atoms with Crippen molar-refractivity contribution in [2.24, 2.45) is 5.73 Å². The maximum Gasteiger partial charge on any atom is 0.314 e. The number of carbonyl (C=O) groups excluding carboxylic acids is 1. The van der Waals surface area contributed by atoms with E-state index in [9.17, 15) is 4.79 Å². The van der Waals surface area contributed by atoms with Crippen LogP contribution in [0.15, 0.2) is 24.3 Å². The monoisotopic (exact) mass is 190 g/mol. The lowest BCUT2D eigenvalue weighted by Gasteiger charge is -2.21. The Bertz CT molecular complexity index is 337. The Balaban J connectivity index is 2.15. The summed E-state index contributed by atoms with van der Waals surface area (Å²) in [7, 11) is 1.76. The van der Waals surface area contributed by atoms with Crippen molar-refractivity contribution in [3.63, 3.8) is 0 Å². The molecule has 1 aromatic rings. The molecule has 3 nitrogen and oxygen atoms in total. The average molecular weight is 190 g/mol. The number of primary amides is 1. The highest BCUT2D eigenvalue weighted by Crippen LogP contribution is 2.24. The van der Waals surface area contributed by atoms with Gasteiger partial charge >= 0.3 is 6.03 Å². The fraction of sp³-hybridized carbons (Fsp3) is 0.364. The summed E-state index contributed by atoms with van der Waals surface area (Å²) in [6, 6.07) is 8.19. The van der Waals surface area contributed by atoms with Crippen LogP contribution in [0.4, 0.5) is 4.79 Å². The Morgan fingerprint density at radius 3 is 2.29 bits per heavy atom. The minimum atomic E-state index is -0.345. The molecule has 0 aliphatic heterocycles. The van der Waals surface area contributed by atoms with Gasteiger partial charge in [-0.1, -0.05) is 24.3 Å².